The summed E-state index contributed by atoms with van der Waals surface area (Å²) < 4.78 is 38.8. The van der Waals surface area contributed by atoms with E-state index in [0.717, 1.165) is 12.3 Å². The lowest BCUT2D eigenvalue weighted by Crippen LogP contribution is -2.46. The molecule has 5 N–H and O–H groups in total. The van der Waals surface area contributed by atoms with Crippen LogP contribution in [0.4, 0.5) is 13.2 Å². The summed E-state index contributed by atoms with van der Waals surface area (Å²) in [6.45, 7) is 1.41. The van der Waals surface area contributed by atoms with Crippen molar-refractivity contribution in [3.63, 3.8) is 0 Å². The molecule has 10 heteroatoms. The molecule has 0 unspecified atom stereocenters. The minimum atomic E-state index is -4.52. The predicted octanol–water partition coefficient (Wildman–Crippen LogP) is 1.70. The topological polar surface area (TPSA) is 124 Å². The molecule has 3 rings (SSSR count). The number of amides is 1. The van der Waals surface area contributed by atoms with Crippen LogP contribution < -0.4 is 11.5 Å². The highest BCUT2D eigenvalue weighted by Crippen LogP contribution is 2.34. The van der Waals surface area contributed by atoms with Gasteiger partial charge in [-0.25, -0.2) is 4.98 Å². The smallest absolute Gasteiger partial charge is 0.368 e. The Hall–Kier alpha value is -3.01. The number of fused-ring (bicyclic) bond motifs is 1. The first-order valence-electron chi connectivity index (χ1n) is 7.07. The number of rotatable bonds is 3. The van der Waals surface area contributed by atoms with Crippen molar-refractivity contribution in [3.8, 4) is 11.3 Å². The number of carbonyl (C=O) groups excluding carboxylic acids is 1. The number of nitrogens with two attached hydrogens (primary N) is 2. The third-order valence-corrected chi connectivity index (χ3v) is 3.90. The second-order valence-corrected chi connectivity index (χ2v) is 5.72. The van der Waals surface area contributed by atoms with Gasteiger partial charge < -0.3 is 16.5 Å². The number of nitrogens with zero attached hydrogens (tertiary/aromatic N) is 3. The fraction of sp³-hybridized carbons (Fsp3) is 0.200. The number of halogens is 3. The first-order chi connectivity index (χ1) is 11.6. The first kappa shape index (κ1) is 16.8. The van der Waals surface area contributed by atoms with Crippen LogP contribution in [0.15, 0.2) is 30.7 Å². The van der Waals surface area contributed by atoms with Gasteiger partial charge in [0.1, 0.15) is 11.2 Å². The van der Waals surface area contributed by atoms with Crippen LogP contribution in [0.5, 0.6) is 0 Å². The minimum Gasteiger partial charge on any atom is -0.368 e. The van der Waals surface area contributed by atoms with Crippen LogP contribution in [0.1, 0.15) is 18.1 Å². The maximum absolute atomic E-state index is 12.9. The number of hydrogen-bond acceptors (Lipinski definition) is 5. The van der Waals surface area contributed by atoms with Gasteiger partial charge in [-0.1, -0.05) is 0 Å². The van der Waals surface area contributed by atoms with E-state index < -0.39 is 23.2 Å². The van der Waals surface area contributed by atoms with Gasteiger partial charge in [0.15, 0.2) is 0 Å². The Kier molecular flexibility index (Phi) is 3.72. The summed E-state index contributed by atoms with van der Waals surface area (Å²) in [4.78, 5) is 18.0. The average Bonchev–Trinajstić information content (AvgIpc) is 2.97. The number of carbonyl (C=O) groups is 1. The zero-order valence-electron chi connectivity index (χ0n) is 12.9. The van der Waals surface area contributed by atoms with Crippen molar-refractivity contribution in [1.82, 2.24) is 20.2 Å². The molecule has 0 aliphatic rings. The summed E-state index contributed by atoms with van der Waals surface area (Å²) >= 11 is 0. The number of aromatic nitrogens is 4. The molecule has 0 aromatic carbocycles. The number of alkyl halides is 3. The molecule has 3 aromatic rings. The van der Waals surface area contributed by atoms with Crippen LogP contribution in [0, 0.1) is 0 Å². The van der Waals surface area contributed by atoms with Gasteiger partial charge in [0.25, 0.3) is 0 Å². The highest BCUT2D eigenvalue weighted by molar-refractivity contribution is 5.93. The fourth-order valence-corrected chi connectivity index (χ4v) is 2.29. The third kappa shape index (κ3) is 2.91. The normalized spacial score (nSPS) is 14.4. The molecule has 25 heavy (non-hydrogen) atoms. The van der Waals surface area contributed by atoms with Crippen molar-refractivity contribution in [2.75, 3.05) is 0 Å². The molecule has 1 amide bonds. The van der Waals surface area contributed by atoms with Crippen LogP contribution >= 0.6 is 0 Å². The number of hydrogen-bond donors (Lipinski definition) is 3. The van der Waals surface area contributed by atoms with E-state index in [9.17, 15) is 18.0 Å². The SMILES string of the molecule is C[C@@](N)(C(N)=O)c1cnnc(-c2c[nH]c3ncc(C(F)(F)F)cc23)c1. The summed E-state index contributed by atoms with van der Waals surface area (Å²) in [7, 11) is 0. The van der Waals surface area contributed by atoms with Gasteiger partial charge in [-0.05, 0) is 19.1 Å². The van der Waals surface area contributed by atoms with E-state index in [4.69, 9.17) is 11.5 Å². The minimum absolute atomic E-state index is 0.221. The zero-order chi connectivity index (χ0) is 18.4. The number of H-pyrrole nitrogens is 1. The molecule has 130 valence electrons. The van der Waals surface area contributed by atoms with Crippen molar-refractivity contribution < 1.29 is 18.0 Å². The summed E-state index contributed by atoms with van der Waals surface area (Å²) in [5.74, 6) is -0.772. The first-order valence-corrected chi connectivity index (χ1v) is 7.07. The van der Waals surface area contributed by atoms with Crippen LogP contribution in [0.25, 0.3) is 22.3 Å². The lowest BCUT2D eigenvalue weighted by molar-refractivity contribution is -0.137. The summed E-state index contributed by atoms with van der Waals surface area (Å²) in [5.41, 5.74) is 9.93. The van der Waals surface area contributed by atoms with Gasteiger partial charge in [0.05, 0.1) is 17.5 Å². The molecular formula is C15H13F3N6O. The molecule has 0 aliphatic heterocycles. The van der Waals surface area contributed by atoms with Crippen molar-refractivity contribution in [2.24, 2.45) is 11.5 Å². The summed E-state index contributed by atoms with van der Waals surface area (Å²) in [5, 5.41) is 7.90. The van der Waals surface area contributed by atoms with E-state index in [1.54, 1.807) is 0 Å². The predicted molar refractivity (Wildman–Crippen MR) is 82.9 cm³/mol. The van der Waals surface area contributed by atoms with E-state index in [2.05, 4.69) is 20.2 Å². The maximum Gasteiger partial charge on any atom is 0.417 e. The molecule has 1 atom stereocenters. The van der Waals surface area contributed by atoms with Crippen LogP contribution in [-0.2, 0) is 16.5 Å². The Bertz CT molecular complexity index is 963. The third-order valence-electron chi connectivity index (χ3n) is 3.90. The van der Waals surface area contributed by atoms with E-state index >= 15 is 0 Å². The monoisotopic (exact) mass is 350 g/mol. The quantitative estimate of drug-likeness (QED) is 0.663. The summed E-state index contributed by atoms with van der Waals surface area (Å²) in [6, 6.07) is 2.43. The summed E-state index contributed by atoms with van der Waals surface area (Å²) in [6.07, 6.45) is -1.04. The maximum atomic E-state index is 12.9. The molecule has 0 fully saturated rings. The van der Waals surface area contributed by atoms with Gasteiger partial charge in [-0.2, -0.15) is 23.4 Å². The van der Waals surface area contributed by atoms with E-state index in [1.807, 2.05) is 0 Å². The van der Waals surface area contributed by atoms with Gasteiger partial charge in [-0.15, -0.1) is 0 Å². The van der Waals surface area contributed by atoms with Crippen molar-refractivity contribution in [1.29, 1.82) is 0 Å². The van der Waals surface area contributed by atoms with Gasteiger partial charge in [0, 0.05) is 28.9 Å². The molecule has 0 spiro atoms. The lowest BCUT2D eigenvalue weighted by atomic mass is 9.93. The Morgan fingerprint density at radius 3 is 2.56 bits per heavy atom. The number of primary amides is 1. The molecule has 0 radical (unpaired) electrons. The Morgan fingerprint density at radius 2 is 1.92 bits per heavy atom. The highest BCUT2D eigenvalue weighted by Gasteiger charge is 2.32. The molecule has 0 bridgehead atoms. The van der Waals surface area contributed by atoms with Crippen molar-refractivity contribution in [3.05, 3.63) is 41.9 Å². The Morgan fingerprint density at radius 1 is 1.20 bits per heavy atom. The van der Waals surface area contributed by atoms with Gasteiger partial charge in [-0.3, -0.25) is 4.79 Å². The van der Waals surface area contributed by atoms with E-state index in [-0.39, 0.29) is 16.7 Å². The molecule has 0 aliphatic carbocycles. The molecular weight excluding hydrogens is 337 g/mol. The van der Waals surface area contributed by atoms with Gasteiger partial charge >= 0.3 is 6.18 Å². The van der Waals surface area contributed by atoms with E-state index in [1.165, 1.54) is 25.4 Å². The lowest BCUT2D eigenvalue weighted by Gasteiger charge is -2.20. The number of pyridine rings is 1. The van der Waals surface area contributed by atoms with Gasteiger partial charge in [0.2, 0.25) is 5.91 Å². The molecule has 3 aromatic heterocycles. The van der Waals surface area contributed by atoms with E-state index in [0.29, 0.717) is 11.1 Å². The fourth-order valence-electron chi connectivity index (χ4n) is 2.29. The standard InChI is InChI=1S/C15H13F3N6O/c1-14(20,13(19)25)7-3-11(24-23-5-7)10-6-22-12-9(10)2-8(4-21-12)15(16,17)18/h2-6H,20H2,1H3,(H2,19,25)(H,21,22)/t14-/m0/s1. The largest absolute Gasteiger partial charge is 0.417 e. The van der Waals surface area contributed by atoms with Crippen LogP contribution in [-0.4, -0.2) is 26.1 Å². The second-order valence-electron chi connectivity index (χ2n) is 5.72. The second kappa shape index (κ2) is 5.52. The van der Waals surface area contributed by atoms with Crippen LogP contribution in [0.2, 0.25) is 0 Å². The number of nitrogens with one attached hydrogen (secondary N) is 1. The molecule has 0 saturated heterocycles. The van der Waals surface area contributed by atoms with Crippen molar-refractivity contribution in [2.45, 2.75) is 18.6 Å². The highest BCUT2D eigenvalue weighted by atomic mass is 19.4. The zero-order valence-corrected chi connectivity index (χ0v) is 12.9. The number of aromatic amines is 1. The Balaban J connectivity index is 2.16. The molecule has 7 nitrogen and oxygen atoms in total. The Labute approximate surface area is 139 Å². The average molecular weight is 350 g/mol. The molecule has 0 saturated carbocycles. The van der Waals surface area contributed by atoms with Crippen LogP contribution in [0.3, 0.4) is 0 Å². The van der Waals surface area contributed by atoms with Crippen molar-refractivity contribution >= 4 is 16.9 Å². The molecule has 3 heterocycles.